The highest BCUT2D eigenvalue weighted by Gasteiger charge is 2.20. The molecule has 0 spiro atoms. The van der Waals surface area contributed by atoms with Crippen molar-refractivity contribution in [3.05, 3.63) is 0 Å². The maximum absolute atomic E-state index is 11.9. The normalized spacial score (nSPS) is 23.9. The molecule has 0 aromatic rings. The Morgan fingerprint density at radius 2 is 1.95 bits per heavy atom. The Morgan fingerprint density at radius 3 is 2.65 bits per heavy atom. The van der Waals surface area contributed by atoms with Gasteiger partial charge in [0.2, 0.25) is 10.0 Å². The molecular formula is C15H32N2O2S. The average molecular weight is 305 g/mol. The minimum Gasteiger partial charge on any atom is -0.317 e. The van der Waals surface area contributed by atoms with Crippen molar-refractivity contribution in [2.24, 2.45) is 11.8 Å². The van der Waals surface area contributed by atoms with Gasteiger partial charge in [-0.15, -0.1) is 0 Å². The van der Waals surface area contributed by atoms with Gasteiger partial charge in [0.15, 0.2) is 0 Å². The van der Waals surface area contributed by atoms with Gasteiger partial charge >= 0.3 is 0 Å². The van der Waals surface area contributed by atoms with Crippen molar-refractivity contribution >= 4 is 10.0 Å². The highest BCUT2D eigenvalue weighted by Crippen LogP contribution is 2.27. The predicted molar refractivity (Wildman–Crippen MR) is 85.3 cm³/mol. The van der Waals surface area contributed by atoms with Gasteiger partial charge in [-0.05, 0) is 57.0 Å². The van der Waals surface area contributed by atoms with Crippen molar-refractivity contribution in [3.8, 4) is 0 Å². The molecule has 1 aliphatic carbocycles. The lowest BCUT2D eigenvalue weighted by atomic mass is 9.83. The van der Waals surface area contributed by atoms with Crippen LogP contribution in [0.25, 0.3) is 0 Å². The van der Waals surface area contributed by atoms with E-state index in [0.717, 1.165) is 38.3 Å². The maximum atomic E-state index is 11.9. The van der Waals surface area contributed by atoms with E-state index in [1.807, 2.05) is 0 Å². The van der Waals surface area contributed by atoms with E-state index in [0.29, 0.717) is 12.5 Å². The summed E-state index contributed by atoms with van der Waals surface area (Å²) in [6.07, 6.45) is 7.69. The summed E-state index contributed by atoms with van der Waals surface area (Å²) in [5, 5.41) is 3.29. The quantitative estimate of drug-likeness (QED) is 0.610. The average Bonchev–Trinajstić information content (AvgIpc) is 2.41. The summed E-state index contributed by atoms with van der Waals surface area (Å²) in [5.74, 6) is 1.56. The van der Waals surface area contributed by atoms with E-state index in [4.69, 9.17) is 0 Å². The van der Waals surface area contributed by atoms with Gasteiger partial charge in [-0.25, -0.2) is 13.1 Å². The zero-order valence-corrected chi connectivity index (χ0v) is 14.0. The van der Waals surface area contributed by atoms with Gasteiger partial charge in [0.05, 0.1) is 5.75 Å². The van der Waals surface area contributed by atoms with Crippen molar-refractivity contribution in [2.75, 3.05) is 25.4 Å². The highest BCUT2D eigenvalue weighted by atomic mass is 32.2. The summed E-state index contributed by atoms with van der Waals surface area (Å²) >= 11 is 0. The van der Waals surface area contributed by atoms with Crippen LogP contribution in [-0.4, -0.2) is 33.8 Å². The topological polar surface area (TPSA) is 58.2 Å². The minimum atomic E-state index is -3.07. The van der Waals surface area contributed by atoms with Gasteiger partial charge in [0, 0.05) is 6.54 Å². The molecule has 0 amide bonds. The number of sulfonamides is 1. The first-order valence-electron chi connectivity index (χ1n) is 8.21. The van der Waals surface area contributed by atoms with E-state index in [2.05, 4.69) is 23.9 Å². The third-order valence-corrected chi connectivity index (χ3v) is 5.51. The van der Waals surface area contributed by atoms with Crippen molar-refractivity contribution in [1.82, 2.24) is 10.0 Å². The van der Waals surface area contributed by atoms with Crippen LogP contribution in [0.15, 0.2) is 0 Å². The smallest absolute Gasteiger partial charge is 0.211 e. The summed E-state index contributed by atoms with van der Waals surface area (Å²) < 4.78 is 26.6. The lowest BCUT2D eigenvalue weighted by Gasteiger charge is -2.26. The van der Waals surface area contributed by atoms with Crippen molar-refractivity contribution in [1.29, 1.82) is 0 Å². The van der Waals surface area contributed by atoms with Crippen LogP contribution in [0.4, 0.5) is 0 Å². The fraction of sp³-hybridized carbons (Fsp3) is 1.00. The van der Waals surface area contributed by atoms with E-state index in [1.165, 1.54) is 25.7 Å². The number of unbranched alkanes of at least 4 members (excludes halogenated alkanes) is 1. The second kappa shape index (κ2) is 9.74. The molecule has 0 aromatic carbocycles. The molecule has 4 nitrogen and oxygen atoms in total. The Morgan fingerprint density at radius 1 is 1.15 bits per heavy atom. The Balaban J connectivity index is 2.11. The lowest BCUT2D eigenvalue weighted by Crippen LogP contribution is -2.33. The lowest BCUT2D eigenvalue weighted by molar-refractivity contribution is 0.283. The van der Waals surface area contributed by atoms with Gasteiger partial charge < -0.3 is 5.32 Å². The molecule has 20 heavy (non-hydrogen) atoms. The summed E-state index contributed by atoms with van der Waals surface area (Å²) in [6.45, 7) is 6.98. The second-order valence-electron chi connectivity index (χ2n) is 6.26. The molecule has 2 unspecified atom stereocenters. The van der Waals surface area contributed by atoms with Crippen molar-refractivity contribution in [3.63, 3.8) is 0 Å². The summed E-state index contributed by atoms with van der Waals surface area (Å²) in [6, 6.07) is 0. The van der Waals surface area contributed by atoms with Crippen LogP contribution < -0.4 is 10.0 Å². The van der Waals surface area contributed by atoms with Gasteiger partial charge in [-0.2, -0.15) is 0 Å². The highest BCUT2D eigenvalue weighted by molar-refractivity contribution is 7.89. The fourth-order valence-electron chi connectivity index (χ4n) is 2.91. The van der Waals surface area contributed by atoms with E-state index in [1.54, 1.807) is 0 Å². The zero-order valence-electron chi connectivity index (χ0n) is 13.2. The van der Waals surface area contributed by atoms with Gasteiger partial charge in [-0.1, -0.05) is 26.7 Å². The number of rotatable bonds is 10. The maximum Gasteiger partial charge on any atom is 0.211 e. The third-order valence-electron chi connectivity index (χ3n) is 4.08. The monoisotopic (exact) mass is 304 g/mol. The molecule has 1 saturated carbocycles. The molecular weight excluding hydrogens is 272 g/mol. The molecule has 2 atom stereocenters. The number of hydrogen-bond acceptors (Lipinski definition) is 3. The largest absolute Gasteiger partial charge is 0.317 e. The summed E-state index contributed by atoms with van der Waals surface area (Å²) in [4.78, 5) is 0. The van der Waals surface area contributed by atoms with Crippen LogP contribution >= 0.6 is 0 Å². The van der Waals surface area contributed by atoms with Crippen LogP contribution in [0, 0.1) is 11.8 Å². The first-order valence-corrected chi connectivity index (χ1v) is 9.86. The van der Waals surface area contributed by atoms with Crippen LogP contribution in [0.5, 0.6) is 0 Å². The van der Waals surface area contributed by atoms with Crippen molar-refractivity contribution in [2.45, 2.75) is 58.8 Å². The third kappa shape index (κ3) is 8.22. The number of hydrogen-bond donors (Lipinski definition) is 2. The van der Waals surface area contributed by atoms with Gasteiger partial charge in [-0.3, -0.25) is 0 Å². The molecule has 0 aromatic heterocycles. The van der Waals surface area contributed by atoms with E-state index >= 15 is 0 Å². The SMILES string of the molecule is CCCNCCCCS(=O)(=O)NCC1CCCC(C)C1. The van der Waals surface area contributed by atoms with Crippen LogP contribution in [0.2, 0.25) is 0 Å². The molecule has 0 saturated heterocycles. The molecule has 0 radical (unpaired) electrons. The van der Waals surface area contributed by atoms with Crippen LogP contribution in [0.1, 0.15) is 58.8 Å². The van der Waals surface area contributed by atoms with Crippen LogP contribution in [0.3, 0.4) is 0 Å². The molecule has 0 heterocycles. The first kappa shape index (κ1) is 17.9. The fourth-order valence-corrected chi connectivity index (χ4v) is 4.12. The molecule has 5 heteroatoms. The summed E-state index contributed by atoms with van der Waals surface area (Å²) in [5.41, 5.74) is 0. The Kier molecular flexibility index (Phi) is 8.73. The molecule has 1 aliphatic rings. The molecule has 120 valence electrons. The Bertz CT molecular complexity index is 344. The zero-order chi connectivity index (χ0) is 14.8. The van der Waals surface area contributed by atoms with E-state index in [-0.39, 0.29) is 5.75 Å². The molecule has 1 rings (SSSR count). The molecule has 2 N–H and O–H groups in total. The van der Waals surface area contributed by atoms with E-state index in [9.17, 15) is 8.42 Å². The second-order valence-corrected chi connectivity index (χ2v) is 8.19. The predicted octanol–water partition coefficient (Wildman–Crippen LogP) is 2.51. The van der Waals surface area contributed by atoms with E-state index < -0.39 is 10.0 Å². The molecule has 0 bridgehead atoms. The van der Waals surface area contributed by atoms with Gasteiger partial charge in [0.25, 0.3) is 0 Å². The Labute approximate surface area is 125 Å². The Hall–Kier alpha value is -0.130. The molecule has 1 fully saturated rings. The summed E-state index contributed by atoms with van der Waals surface area (Å²) in [7, 11) is -3.07. The van der Waals surface area contributed by atoms with Gasteiger partial charge in [0.1, 0.15) is 0 Å². The van der Waals surface area contributed by atoms with Crippen LogP contribution in [-0.2, 0) is 10.0 Å². The van der Waals surface area contributed by atoms with Crippen molar-refractivity contribution < 1.29 is 8.42 Å². The first-order chi connectivity index (χ1) is 9.53. The minimum absolute atomic E-state index is 0.267. The molecule has 0 aliphatic heterocycles. The number of nitrogens with one attached hydrogen (secondary N) is 2. The standard InChI is InChI=1S/C15H32N2O2S/c1-3-9-16-10-4-5-11-20(18,19)17-13-15-8-6-7-14(2)12-15/h14-17H,3-13H2,1-2H3.